The van der Waals surface area contributed by atoms with E-state index in [0.29, 0.717) is 12.8 Å². The van der Waals surface area contributed by atoms with Gasteiger partial charge in [0.25, 0.3) is 10.0 Å². The maximum atomic E-state index is 12.3. The van der Waals surface area contributed by atoms with Gasteiger partial charge < -0.3 is 9.64 Å². The van der Waals surface area contributed by atoms with Gasteiger partial charge in [-0.1, -0.05) is 17.7 Å². The molecule has 2 rings (SSSR count). The Balaban J connectivity index is 1.97. The van der Waals surface area contributed by atoms with Gasteiger partial charge in [0.05, 0.1) is 4.90 Å². The van der Waals surface area contributed by atoms with Gasteiger partial charge >= 0.3 is 6.09 Å². The van der Waals surface area contributed by atoms with Gasteiger partial charge in [0.15, 0.2) is 0 Å². The largest absolute Gasteiger partial charge is 0.444 e. The van der Waals surface area contributed by atoms with Crippen molar-refractivity contribution in [2.75, 3.05) is 7.05 Å². The van der Waals surface area contributed by atoms with Gasteiger partial charge in [0, 0.05) is 25.2 Å². The zero-order valence-electron chi connectivity index (χ0n) is 15.9. The maximum Gasteiger partial charge on any atom is 0.410 e. The summed E-state index contributed by atoms with van der Waals surface area (Å²) in [5.74, 6) is 0. The van der Waals surface area contributed by atoms with Crippen molar-refractivity contribution in [3.63, 3.8) is 0 Å². The van der Waals surface area contributed by atoms with Crippen LogP contribution in [0.4, 0.5) is 4.79 Å². The molecule has 7 nitrogen and oxygen atoms in total. The van der Waals surface area contributed by atoms with E-state index in [1.165, 1.54) is 0 Å². The first-order valence-electron chi connectivity index (χ1n) is 8.58. The molecule has 1 aromatic carbocycles. The molecule has 0 spiro atoms. The molecule has 1 aromatic rings. The third kappa shape index (κ3) is 5.45. The molecule has 144 valence electrons. The third-order valence-corrected chi connectivity index (χ3v) is 5.35. The number of aryl methyl sites for hydroxylation is 1. The second-order valence-electron chi connectivity index (χ2n) is 7.57. The number of sulfonamides is 1. The van der Waals surface area contributed by atoms with Gasteiger partial charge in [-0.05, 0) is 52.7 Å². The minimum atomic E-state index is -3.69. The minimum absolute atomic E-state index is 0.0486. The highest BCUT2D eigenvalue weighted by atomic mass is 32.2. The van der Waals surface area contributed by atoms with Crippen molar-refractivity contribution in [2.24, 2.45) is 5.10 Å². The lowest BCUT2D eigenvalue weighted by Crippen LogP contribution is -2.39. The minimum Gasteiger partial charge on any atom is -0.444 e. The lowest BCUT2D eigenvalue weighted by atomic mass is 10.2. The topological polar surface area (TPSA) is 88.1 Å². The van der Waals surface area contributed by atoms with Crippen LogP contribution in [0.1, 0.15) is 45.6 Å². The van der Waals surface area contributed by atoms with Crippen molar-refractivity contribution < 1.29 is 17.9 Å². The number of benzene rings is 1. The molecule has 0 aliphatic heterocycles. The molecule has 1 N–H and O–H groups in total. The average Bonchev–Trinajstić information content (AvgIpc) is 3.00. The Morgan fingerprint density at radius 1 is 1.27 bits per heavy atom. The van der Waals surface area contributed by atoms with E-state index in [9.17, 15) is 13.2 Å². The van der Waals surface area contributed by atoms with Gasteiger partial charge in [-0.15, -0.1) is 0 Å². The Morgan fingerprint density at radius 2 is 1.88 bits per heavy atom. The first-order valence-corrected chi connectivity index (χ1v) is 10.1. The van der Waals surface area contributed by atoms with Crippen LogP contribution in [0, 0.1) is 6.92 Å². The van der Waals surface area contributed by atoms with Gasteiger partial charge in [0.1, 0.15) is 5.60 Å². The Morgan fingerprint density at radius 3 is 2.46 bits per heavy atom. The van der Waals surface area contributed by atoms with Crippen molar-refractivity contribution >= 4 is 21.8 Å². The number of nitrogens with one attached hydrogen (secondary N) is 1. The average molecular weight is 381 g/mol. The lowest BCUT2D eigenvalue weighted by Gasteiger charge is -2.28. The van der Waals surface area contributed by atoms with Crippen molar-refractivity contribution in [2.45, 2.75) is 63.5 Å². The van der Waals surface area contributed by atoms with Crippen LogP contribution >= 0.6 is 0 Å². The molecule has 1 saturated carbocycles. The van der Waals surface area contributed by atoms with E-state index in [1.807, 2.05) is 27.7 Å². The number of nitrogens with zero attached hydrogens (tertiary/aromatic N) is 2. The van der Waals surface area contributed by atoms with E-state index in [0.717, 1.165) is 17.7 Å². The van der Waals surface area contributed by atoms with E-state index in [-0.39, 0.29) is 17.0 Å². The second kappa shape index (κ2) is 7.65. The molecule has 1 amide bonds. The number of amides is 1. The Kier molecular flexibility index (Phi) is 5.95. The Hall–Kier alpha value is -2.09. The summed E-state index contributed by atoms with van der Waals surface area (Å²) in [6.07, 6.45) is 1.49. The predicted molar refractivity (Wildman–Crippen MR) is 101 cm³/mol. The first kappa shape index (κ1) is 20.2. The van der Waals surface area contributed by atoms with E-state index in [2.05, 4.69) is 9.93 Å². The fraction of sp³-hybridized carbons (Fsp3) is 0.556. The van der Waals surface area contributed by atoms with Crippen molar-refractivity contribution in [1.29, 1.82) is 0 Å². The van der Waals surface area contributed by atoms with Crippen molar-refractivity contribution in [3.8, 4) is 0 Å². The van der Waals surface area contributed by atoms with E-state index >= 15 is 0 Å². The normalized spacial score (nSPS) is 19.4. The Labute approximate surface area is 155 Å². The second-order valence-corrected chi connectivity index (χ2v) is 9.23. The summed E-state index contributed by atoms with van der Waals surface area (Å²) in [4.78, 5) is 16.2. The zero-order valence-corrected chi connectivity index (χ0v) is 16.8. The van der Waals surface area contributed by atoms with Crippen LogP contribution < -0.4 is 4.83 Å². The fourth-order valence-electron chi connectivity index (χ4n) is 2.62. The molecular weight excluding hydrogens is 354 g/mol. The molecular formula is C18H27N3O4S. The van der Waals surface area contributed by atoms with Gasteiger partial charge in [-0.2, -0.15) is 13.5 Å². The Bertz CT molecular complexity index is 780. The number of carbonyl (C=O) groups excluding carboxylic acids is 1. The van der Waals surface area contributed by atoms with Crippen LogP contribution in [-0.2, 0) is 14.8 Å². The highest BCUT2D eigenvalue weighted by molar-refractivity contribution is 7.89. The predicted octanol–water partition coefficient (Wildman–Crippen LogP) is 3.05. The molecule has 26 heavy (non-hydrogen) atoms. The summed E-state index contributed by atoms with van der Waals surface area (Å²) in [7, 11) is -1.99. The van der Waals surface area contributed by atoms with Gasteiger partial charge in [-0.3, -0.25) is 0 Å². The van der Waals surface area contributed by atoms with Crippen molar-refractivity contribution in [1.82, 2.24) is 9.73 Å². The van der Waals surface area contributed by atoms with Crippen LogP contribution in [0.2, 0.25) is 0 Å². The van der Waals surface area contributed by atoms with Gasteiger partial charge in [-0.25, -0.2) is 9.63 Å². The molecule has 0 radical (unpaired) electrons. The van der Waals surface area contributed by atoms with Crippen LogP contribution in [0.15, 0.2) is 34.3 Å². The number of hydrazone groups is 1. The summed E-state index contributed by atoms with van der Waals surface area (Å²) in [5, 5.41) is 4.06. The lowest BCUT2D eigenvalue weighted by molar-refractivity contribution is 0.0230. The summed E-state index contributed by atoms with van der Waals surface area (Å²) in [5.41, 5.74) is 1.16. The molecule has 1 aliphatic rings. The SMILES string of the molecule is Cc1ccc(S(=O)(=O)N/N=C2/CC[C@H](N(C)C(=O)OC(C)(C)C)C2)cc1. The van der Waals surface area contributed by atoms with Crippen molar-refractivity contribution in [3.05, 3.63) is 29.8 Å². The molecule has 1 aliphatic carbocycles. The highest BCUT2D eigenvalue weighted by Crippen LogP contribution is 2.23. The maximum absolute atomic E-state index is 12.3. The molecule has 8 heteroatoms. The number of rotatable bonds is 4. The number of hydrogen-bond acceptors (Lipinski definition) is 5. The smallest absolute Gasteiger partial charge is 0.410 e. The summed E-state index contributed by atoms with van der Waals surface area (Å²) in [6, 6.07) is 6.52. The number of ether oxygens (including phenoxy) is 1. The monoisotopic (exact) mass is 381 g/mol. The van der Waals surface area contributed by atoms with Crippen LogP contribution in [-0.4, -0.2) is 43.8 Å². The fourth-order valence-corrected chi connectivity index (χ4v) is 3.47. The zero-order chi connectivity index (χ0) is 19.5. The standard InChI is InChI=1S/C18H27N3O4S/c1-13-6-10-16(11-7-13)26(23,24)20-19-14-8-9-15(12-14)21(5)17(22)25-18(2,3)4/h6-7,10-11,15,20H,8-9,12H2,1-5H3/b19-14-/t15-/m0/s1. The van der Waals surface area contributed by atoms with Crippen LogP contribution in [0.5, 0.6) is 0 Å². The van der Waals surface area contributed by atoms with E-state index in [4.69, 9.17) is 4.74 Å². The molecule has 0 aromatic heterocycles. The molecule has 0 bridgehead atoms. The highest BCUT2D eigenvalue weighted by Gasteiger charge is 2.30. The van der Waals surface area contributed by atoms with Crippen LogP contribution in [0.3, 0.4) is 0 Å². The number of hydrogen-bond donors (Lipinski definition) is 1. The molecule has 1 fully saturated rings. The summed E-state index contributed by atoms with van der Waals surface area (Å²) < 4.78 is 29.9. The van der Waals surface area contributed by atoms with E-state index in [1.54, 1.807) is 36.2 Å². The molecule has 0 heterocycles. The molecule has 1 atom stereocenters. The number of carbonyl (C=O) groups is 1. The molecule has 0 unspecified atom stereocenters. The third-order valence-electron chi connectivity index (χ3n) is 4.12. The summed E-state index contributed by atoms with van der Waals surface area (Å²) >= 11 is 0. The summed E-state index contributed by atoms with van der Waals surface area (Å²) in [6.45, 7) is 7.35. The first-order chi connectivity index (χ1) is 12.0. The van der Waals surface area contributed by atoms with Gasteiger partial charge in [0.2, 0.25) is 0 Å². The quantitative estimate of drug-likeness (QED) is 0.812. The molecule has 0 saturated heterocycles. The van der Waals surface area contributed by atoms with E-state index < -0.39 is 15.6 Å². The van der Waals surface area contributed by atoms with Crippen LogP contribution in [0.25, 0.3) is 0 Å².